The van der Waals surface area contributed by atoms with Gasteiger partial charge in [-0.1, -0.05) is 10.6 Å². The van der Waals surface area contributed by atoms with Crippen molar-refractivity contribution in [2.75, 3.05) is 0 Å². The van der Waals surface area contributed by atoms with Gasteiger partial charge in [0.2, 0.25) is 0 Å². The number of rotatable bonds is 1. The van der Waals surface area contributed by atoms with E-state index in [0.717, 1.165) is 29.8 Å². The van der Waals surface area contributed by atoms with E-state index < -0.39 is 0 Å². The number of benzene rings is 1. The van der Waals surface area contributed by atoms with Crippen LogP contribution in [0.2, 0.25) is 0 Å². The fourth-order valence-electron chi connectivity index (χ4n) is 1.36. The Kier molecular flexibility index (Phi) is 3.18. The molecule has 82 valence electrons. The Balaban J connectivity index is 2.28. The molecule has 0 saturated carbocycles. The van der Waals surface area contributed by atoms with Crippen LogP contribution in [0.5, 0.6) is 0 Å². The minimum Gasteiger partial charge on any atom is -0.313 e. The minimum atomic E-state index is 0.947. The molecule has 0 radical (unpaired) electrons. The van der Waals surface area contributed by atoms with Gasteiger partial charge in [-0.2, -0.15) is 0 Å². The molecule has 1 aromatic carbocycles. The van der Waals surface area contributed by atoms with Gasteiger partial charge in [0.15, 0.2) is 0 Å². The third-order valence-electron chi connectivity index (χ3n) is 2.06. The normalized spacial score (nSPS) is 15.9. The first kappa shape index (κ1) is 11.3. The van der Waals surface area contributed by atoms with E-state index in [1.165, 1.54) is 11.5 Å². The van der Waals surface area contributed by atoms with Crippen LogP contribution in [0.25, 0.3) is 15.1 Å². The van der Waals surface area contributed by atoms with Gasteiger partial charge in [0, 0.05) is 21.0 Å². The molecule has 2 heterocycles. The summed E-state index contributed by atoms with van der Waals surface area (Å²) in [4.78, 5) is 1.16. The predicted octanol–water partition coefficient (Wildman–Crippen LogP) is 4.37. The quantitative estimate of drug-likeness (QED) is 0.440. The molecule has 0 amide bonds. The lowest BCUT2D eigenvalue weighted by molar-refractivity contribution is 1.20. The Morgan fingerprint density at radius 2 is 2.12 bits per heavy atom. The summed E-state index contributed by atoms with van der Waals surface area (Å²) in [6, 6.07) is 4.10. The molecule has 0 spiro atoms. The average Bonchev–Trinajstić information content (AvgIpc) is 2.88. The van der Waals surface area contributed by atoms with Crippen LogP contribution in [0.3, 0.4) is 0 Å². The zero-order valence-corrected chi connectivity index (χ0v) is 13.2. The highest BCUT2D eigenvalue weighted by molar-refractivity contribution is 9.12. The van der Waals surface area contributed by atoms with E-state index in [2.05, 4.69) is 52.2 Å². The second-order valence-electron chi connectivity index (χ2n) is 2.96. The second kappa shape index (κ2) is 4.49. The minimum absolute atomic E-state index is 0.947. The van der Waals surface area contributed by atoms with Crippen LogP contribution in [-0.2, 0) is 0 Å². The molecule has 0 aliphatic carbocycles. The van der Waals surface area contributed by atoms with Gasteiger partial charge in [-0.15, -0.1) is 5.10 Å². The van der Waals surface area contributed by atoms with Gasteiger partial charge in [0.1, 0.15) is 10.1 Å². The van der Waals surface area contributed by atoms with Crippen molar-refractivity contribution in [1.29, 1.82) is 0 Å². The summed E-state index contributed by atoms with van der Waals surface area (Å²) in [6.07, 6.45) is 0. The smallest absolute Gasteiger partial charge is 0.115 e. The van der Waals surface area contributed by atoms with Crippen molar-refractivity contribution in [3.63, 3.8) is 0 Å². The van der Waals surface area contributed by atoms with Crippen molar-refractivity contribution < 1.29 is 0 Å². The van der Waals surface area contributed by atoms with E-state index in [9.17, 15) is 0 Å². The topological polar surface area (TPSA) is 37.8 Å². The van der Waals surface area contributed by atoms with Crippen molar-refractivity contribution in [3.05, 3.63) is 26.8 Å². The molecule has 1 N–H and O–H groups in total. The molecule has 2 aromatic rings. The Morgan fingerprint density at radius 3 is 2.88 bits per heavy atom. The number of nitrogens with zero attached hydrogens (tertiary/aromatic N) is 2. The zero-order valence-electron chi connectivity index (χ0n) is 7.53. The van der Waals surface area contributed by atoms with Gasteiger partial charge in [-0.3, -0.25) is 0 Å². The lowest BCUT2D eigenvalue weighted by atomic mass is 10.2. The van der Waals surface area contributed by atoms with Crippen LogP contribution in [-0.4, -0.2) is 9.59 Å². The van der Waals surface area contributed by atoms with Crippen LogP contribution in [0, 0.1) is 0 Å². The number of aromatic nitrogens is 2. The standard InChI is InChI=1S/C8H3Br2N3S3/c9-4-2-1-3(5-7(4)14-13-11-5)6-8(10)12-16-15-6/h1-2,12H. The largest absolute Gasteiger partial charge is 0.313 e. The molecule has 0 fully saturated rings. The maximum Gasteiger partial charge on any atom is 0.115 e. The number of fused-ring (bicyclic) bond motifs is 1. The van der Waals surface area contributed by atoms with Gasteiger partial charge < -0.3 is 4.72 Å². The van der Waals surface area contributed by atoms with Crippen molar-refractivity contribution in [1.82, 2.24) is 14.3 Å². The van der Waals surface area contributed by atoms with Gasteiger partial charge in [0.05, 0.1) is 9.61 Å². The van der Waals surface area contributed by atoms with Crippen LogP contribution >= 0.6 is 65.2 Å². The summed E-state index contributed by atoms with van der Waals surface area (Å²) in [5.74, 6) is 0. The fourth-order valence-corrected chi connectivity index (χ4v) is 5.73. The third kappa shape index (κ3) is 1.80. The first-order valence-electron chi connectivity index (χ1n) is 4.17. The molecule has 3 nitrogen and oxygen atoms in total. The van der Waals surface area contributed by atoms with Crippen LogP contribution in [0.1, 0.15) is 5.56 Å². The summed E-state index contributed by atoms with van der Waals surface area (Å²) in [5, 5.41) is 4.19. The highest BCUT2D eigenvalue weighted by Crippen LogP contribution is 2.47. The summed E-state index contributed by atoms with van der Waals surface area (Å²) >= 11 is 8.42. The van der Waals surface area contributed by atoms with Gasteiger partial charge in [-0.05, 0) is 60.3 Å². The Hall–Kier alpha value is 0.240. The number of hydrogen-bond donors (Lipinski definition) is 1. The second-order valence-corrected chi connectivity index (χ2v) is 7.30. The van der Waals surface area contributed by atoms with Crippen LogP contribution < -0.4 is 4.72 Å². The van der Waals surface area contributed by atoms with Gasteiger partial charge >= 0.3 is 0 Å². The monoisotopic (exact) mass is 395 g/mol. The van der Waals surface area contributed by atoms with Crippen molar-refractivity contribution in [3.8, 4) is 0 Å². The Bertz CT molecular complexity index is 595. The SMILES string of the molecule is BrC1=C(c2ccc(Br)c3snnc23)SSN1. The molecule has 0 bridgehead atoms. The maximum atomic E-state index is 4.19. The summed E-state index contributed by atoms with van der Waals surface area (Å²) < 4.78 is 10.3. The molecule has 1 aliphatic heterocycles. The maximum absolute atomic E-state index is 4.19. The zero-order chi connectivity index (χ0) is 11.1. The predicted molar refractivity (Wildman–Crippen MR) is 79.3 cm³/mol. The molecule has 0 saturated heterocycles. The highest BCUT2D eigenvalue weighted by atomic mass is 79.9. The molecular formula is C8H3Br2N3S3. The lowest BCUT2D eigenvalue weighted by Gasteiger charge is -2.02. The number of hydrogen-bond acceptors (Lipinski definition) is 6. The van der Waals surface area contributed by atoms with Crippen LogP contribution in [0.15, 0.2) is 21.2 Å². The van der Waals surface area contributed by atoms with Gasteiger partial charge in [-0.25, -0.2) is 0 Å². The van der Waals surface area contributed by atoms with Gasteiger partial charge in [0.25, 0.3) is 0 Å². The van der Waals surface area contributed by atoms with E-state index in [4.69, 9.17) is 0 Å². The van der Waals surface area contributed by atoms with E-state index >= 15 is 0 Å². The number of nitrogens with one attached hydrogen (secondary N) is 1. The fraction of sp³-hybridized carbons (Fsp3) is 0. The Morgan fingerprint density at radius 1 is 1.25 bits per heavy atom. The molecule has 1 aliphatic rings. The molecular weight excluding hydrogens is 394 g/mol. The van der Waals surface area contributed by atoms with Crippen molar-refractivity contribution in [2.45, 2.75) is 0 Å². The average molecular weight is 397 g/mol. The van der Waals surface area contributed by atoms with Crippen LogP contribution in [0.4, 0.5) is 0 Å². The summed E-state index contributed by atoms with van der Waals surface area (Å²) in [7, 11) is 3.28. The van der Waals surface area contributed by atoms with E-state index in [1.807, 2.05) is 6.07 Å². The summed E-state index contributed by atoms with van der Waals surface area (Å²) in [6.45, 7) is 0. The van der Waals surface area contributed by atoms with Crippen molar-refractivity contribution >= 4 is 80.3 Å². The first-order valence-corrected chi connectivity index (χ1v) is 8.68. The van der Waals surface area contributed by atoms with Crippen molar-refractivity contribution in [2.24, 2.45) is 0 Å². The lowest BCUT2D eigenvalue weighted by Crippen LogP contribution is -1.90. The van der Waals surface area contributed by atoms with E-state index in [1.54, 1.807) is 21.8 Å². The van der Waals surface area contributed by atoms with E-state index in [-0.39, 0.29) is 0 Å². The third-order valence-corrected chi connectivity index (χ3v) is 6.82. The molecule has 3 rings (SSSR count). The van der Waals surface area contributed by atoms with E-state index in [0.29, 0.717) is 0 Å². The first-order chi connectivity index (χ1) is 7.77. The molecule has 8 heteroatoms. The highest BCUT2D eigenvalue weighted by Gasteiger charge is 2.20. The number of halogens is 2. The molecule has 0 atom stereocenters. The Labute approximate surface area is 120 Å². The summed E-state index contributed by atoms with van der Waals surface area (Å²) in [5.41, 5.74) is 2.06. The molecule has 1 aromatic heterocycles. The molecule has 16 heavy (non-hydrogen) atoms. The molecule has 0 unspecified atom stereocenters.